The van der Waals surface area contributed by atoms with Crippen LogP contribution in [0.4, 0.5) is 18.9 Å². The Morgan fingerprint density at radius 3 is 2.76 bits per heavy atom. The summed E-state index contributed by atoms with van der Waals surface area (Å²) in [5, 5.41) is 0.654. The molecule has 1 aliphatic rings. The number of alkyl halides is 3. The van der Waals surface area contributed by atoms with Crippen LogP contribution in [0, 0.1) is 0 Å². The van der Waals surface area contributed by atoms with Crippen LogP contribution in [0.3, 0.4) is 0 Å². The number of hydrogen-bond acceptors (Lipinski definition) is 4. The molecule has 0 saturated heterocycles. The number of anilines is 1. The number of nitrogen functional groups attached to an aromatic ring is 1. The first kappa shape index (κ1) is 14.1. The minimum absolute atomic E-state index is 0.161. The monoisotopic (exact) mass is 315 g/mol. The normalized spacial score (nSPS) is 15.4. The molecule has 0 bridgehead atoms. The summed E-state index contributed by atoms with van der Waals surface area (Å²) in [5.74, 6) is -0.645. The molecule has 0 spiro atoms. The minimum Gasteiger partial charge on any atom is -0.397 e. The Hall–Kier alpha value is -1.83. The van der Waals surface area contributed by atoms with Crippen molar-refractivity contribution in [2.24, 2.45) is 0 Å². The standard InChI is InChI=1S/C13H12F3N3OS/c14-13(15,16)6-19(7-1-2-7)12(20)11-10(17)8-3-4-18-5-9(8)21-11/h3-5,7H,1-2,6,17H2. The van der Waals surface area contributed by atoms with Gasteiger partial charge in [0, 0.05) is 23.8 Å². The van der Waals surface area contributed by atoms with E-state index < -0.39 is 18.6 Å². The maximum absolute atomic E-state index is 12.6. The number of nitrogens with zero attached hydrogens (tertiary/aromatic N) is 2. The van der Waals surface area contributed by atoms with Gasteiger partial charge in [-0.1, -0.05) is 0 Å². The molecular formula is C13H12F3N3OS. The average molecular weight is 315 g/mol. The lowest BCUT2D eigenvalue weighted by atomic mass is 10.2. The number of aromatic nitrogens is 1. The van der Waals surface area contributed by atoms with E-state index in [2.05, 4.69) is 4.98 Å². The Balaban J connectivity index is 1.96. The van der Waals surface area contributed by atoms with Crippen molar-refractivity contribution in [1.29, 1.82) is 0 Å². The lowest BCUT2D eigenvalue weighted by Gasteiger charge is -2.23. The van der Waals surface area contributed by atoms with Crippen molar-refractivity contribution in [3.8, 4) is 0 Å². The number of halogens is 3. The van der Waals surface area contributed by atoms with Gasteiger partial charge in [0.1, 0.15) is 11.4 Å². The summed E-state index contributed by atoms with van der Waals surface area (Å²) in [6.07, 6.45) is -0.111. The van der Waals surface area contributed by atoms with E-state index in [9.17, 15) is 18.0 Å². The van der Waals surface area contributed by atoms with Crippen molar-refractivity contribution >= 4 is 33.0 Å². The second kappa shape index (κ2) is 4.87. The third-order valence-corrected chi connectivity index (χ3v) is 4.47. The van der Waals surface area contributed by atoms with E-state index in [1.807, 2.05) is 0 Å². The Labute approximate surface area is 122 Å². The molecule has 2 N–H and O–H groups in total. The molecule has 2 aromatic heterocycles. The maximum atomic E-state index is 12.6. The molecule has 1 fully saturated rings. The fraction of sp³-hybridized carbons (Fsp3) is 0.385. The zero-order valence-corrected chi connectivity index (χ0v) is 11.7. The summed E-state index contributed by atoms with van der Waals surface area (Å²) < 4.78 is 38.6. The summed E-state index contributed by atoms with van der Waals surface area (Å²) in [4.78, 5) is 17.4. The van der Waals surface area contributed by atoms with Gasteiger partial charge < -0.3 is 10.6 Å². The molecule has 112 valence electrons. The van der Waals surface area contributed by atoms with Crippen LogP contribution in [0.25, 0.3) is 10.1 Å². The molecule has 0 aliphatic heterocycles. The molecular weight excluding hydrogens is 303 g/mol. The van der Waals surface area contributed by atoms with Crippen LogP contribution in [0.1, 0.15) is 22.5 Å². The zero-order chi connectivity index (χ0) is 15.2. The first-order valence-corrected chi connectivity index (χ1v) is 7.18. The second-order valence-corrected chi connectivity index (χ2v) is 6.05. The number of pyridine rings is 1. The predicted octanol–water partition coefficient (Wildman–Crippen LogP) is 3.05. The Morgan fingerprint density at radius 1 is 1.48 bits per heavy atom. The molecule has 0 aromatic carbocycles. The number of carbonyl (C=O) groups excluding carboxylic acids is 1. The number of amides is 1. The van der Waals surface area contributed by atoms with E-state index in [1.54, 1.807) is 12.3 Å². The molecule has 3 rings (SSSR count). The van der Waals surface area contributed by atoms with Crippen molar-refractivity contribution in [1.82, 2.24) is 9.88 Å². The lowest BCUT2D eigenvalue weighted by molar-refractivity contribution is -0.141. The van der Waals surface area contributed by atoms with Crippen molar-refractivity contribution in [3.63, 3.8) is 0 Å². The van der Waals surface area contributed by atoms with E-state index in [4.69, 9.17) is 5.73 Å². The van der Waals surface area contributed by atoms with Crippen LogP contribution in [-0.4, -0.2) is 34.6 Å². The molecule has 1 amide bonds. The first-order chi connectivity index (χ1) is 9.87. The Bertz CT molecular complexity index is 694. The largest absolute Gasteiger partial charge is 0.406 e. The molecule has 2 aromatic rings. The van der Waals surface area contributed by atoms with Crippen molar-refractivity contribution in [3.05, 3.63) is 23.3 Å². The van der Waals surface area contributed by atoms with Crippen molar-refractivity contribution in [2.75, 3.05) is 12.3 Å². The highest BCUT2D eigenvalue weighted by Crippen LogP contribution is 2.37. The van der Waals surface area contributed by atoms with Gasteiger partial charge in [-0.2, -0.15) is 13.2 Å². The summed E-state index contributed by atoms with van der Waals surface area (Å²) in [6.45, 7) is -1.23. The molecule has 4 nitrogen and oxygen atoms in total. The van der Waals surface area contributed by atoms with Crippen LogP contribution in [0.15, 0.2) is 18.5 Å². The molecule has 0 radical (unpaired) electrons. The van der Waals surface area contributed by atoms with E-state index in [0.29, 0.717) is 22.9 Å². The third-order valence-electron chi connectivity index (χ3n) is 3.32. The Kier molecular flexibility index (Phi) is 3.27. The fourth-order valence-electron chi connectivity index (χ4n) is 2.21. The van der Waals surface area contributed by atoms with Crippen LogP contribution < -0.4 is 5.73 Å². The van der Waals surface area contributed by atoms with Crippen LogP contribution in [-0.2, 0) is 0 Å². The van der Waals surface area contributed by atoms with Crippen molar-refractivity contribution < 1.29 is 18.0 Å². The highest BCUT2D eigenvalue weighted by Gasteiger charge is 2.41. The highest BCUT2D eigenvalue weighted by atomic mass is 32.1. The van der Waals surface area contributed by atoms with Crippen LogP contribution in [0.5, 0.6) is 0 Å². The topological polar surface area (TPSA) is 59.2 Å². The molecule has 1 saturated carbocycles. The minimum atomic E-state index is -4.41. The predicted molar refractivity (Wildman–Crippen MR) is 74.1 cm³/mol. The van der Waals surface area contributed by atoms with Gasteiger partial charge in [-0.3, -0.25) is 9.78 Å². The maximum Gasteiger partial charge on any atom is 0.406 e. The number of fused-ring (bicyclic) bond motifs is 1. The van der Waals surface area contributed by atoms with Crippen LogP contribution in [0.2, 0.25) is 0 Å². The molecule has 0 unspecified atom stereocenters. The van der Waals surface area contributed by atoms with Gasteiger partial charge in [-0.05, 0) is 18.9 Å². The number of nitrogens with two attached hydrogens (primary N) is 1. The van der Waals surface area contributed by atoms with E-state index in [-0.39, 0.29) is 16.6 Å². The summed E-state index contributed by atoms with van der Waals surface area (Å²) in [5.41, 5.74) is 6.15. The van der Waals surface area contributed by atoms with E-state index in [1.165, 1.54) is 6.20 Å². The number of carbonyl (C=O) groups is 1. The molecule has 2 heterocycles. The highest BCUT2D eigenvalue weighted by molar-refractivity contribution is 7.21. The van der Waals surface area contributed by atoms with E-state index >= 15 is 0 Å². The van der Waals surface area contributed by atoms with Crippen molar-refractivity contribution in [2.45, 2.75) is 25.1 Å². The van der Waals surface area contributed by atoms with E-state index in [0.717, 1.165) is 16.2 Å². The molecule has 21 heavy (non-hydrogen) atoms. The zero-order valence-electron chi connectivity index (χ0n) is 10.9. The van der Waals surface area contributed by atoms with Crippen LogP contribution >= 0.6 is 11.3 Å². The first-order valence-electron chi connectivity index (χ1n) is 6.36. The number of rotatable bonds is 3. The lowest BCUT2D eigenvalue weighted by Crippen LogP contribution is -2.40. The van der Waals surface area contributed by atoms with Gasteiger partial charge in [-0.25, -0.2) is 0 Å². The molecule has 0 atom stereocenters. The SMILES string of the molecule is Nc1c(C(=O)N(CC(F)(F)F)C2CC2)sc2cnccc12. The third kappa shape index (κ3) is 2.80. The summed E-state index contributed by atoms with van der Waals surface area (Å²) in [6, 6.07) is 1.32. The average Bonchev–Trinajstić information content (AvgIpc) is 3.20. The second-order valence-electron chi connectivity index (χ2n) is 5.00. The number of thiophene rings is 1. The van der Waals surface area contributed by atoms with Gasteiger partial charge >= 0.3 is 6.18 Å². The van der Waals surface area contributed by atoms with Gasteiger partial charge in [0.05, 0.1) is 10.4 Å². The number of hydrogen-bond donors (Lipinski definition) is 1. The Morgan fingerprint density at radius 2 is 2.19 bits per heavy atom. The van der Waals surface area contributed by atoms with Gasteiger partial charge in [-0.15, -0.1) is 11.3 Å². The smallest absolute Gasteiger partial charge is 0.397 e. The van der Waals surface area contributed by atoms with Gasteiger partial charge in [0.2, 0.25) is 0 Å². The summed E-state index contributed by atoms with van der Waals surface area (Å²) >= 11 is 1.09. The van der Waals surface area contributed by atoms with Gasteiger partial charge in [0.15, 0.2) is 0 Å². The molecule has 1 aliphatic carbocycles. The molecule has 8 heteroatoms. The quantitative estimate of drug-likeness (QED) is 0.947. The fourth-order valence-corrected chi connectivity index (χ4v) is 3.25. The summed E-state index contributed by atoms with van der Waals surface area (Å²) in [7, 11) is 0. The van der Waals surface area contributed by atoms with Gasteiger partial charge in [0.25, 0.3) is 5.91 Å².